The van der Waals surface area contributed by atoms with Crippen LogP contribution in [-0.2, 0) is 0 Å². The number of allylic oxidation sites excluding steroid dienone is 4. The highest BCUT2D eigenvalue weighted by Gasteiger charge is 2.19. The lowest BCUT2D eigenvalue weighted by atomic mass is 9.93. The van der Waals surface area contributed by atoms with Crippen LogP contribution in [0.2, 0.25) is 0 Å². The Hall–Kier alpha value is 0.0469. The summed E-state index contributed by atoms with van der Waals surface area (Å²) in [5.74, 6) is 0.897. The fourth-order valence-corrected chi connectivity index (χ4v) is 3.97. The Balaban J connectivity index is 1.79. The predicted octanol–water partition coefficient (Wildman–Crippen LogP) is 4.35. The molecule has 0 aromatic carbocycles. The van der Waals surface area contributed by atoms with Gasteiger partial charge in [-0.3, -0.25) is 0 Å². The molecule has 0 amide bonds. The molecule has 2 rings (SSSR count). The Morgan fingerprint density at radius 3 is 2.39 bits per heavy atom. The lowest BCUT2D eigenvalue weighted by Crippen LogP contribution is -2.02. The third kappa shape index (κ3) is 4.97. The summed E-state index contributed by atoms with van der Waals surface area (Å²) in [4.78, 5) is 1.44. The van der Waals surface area contributed by atoms with Gasteiger partial charge in [0.15, 0.2) is 0 Å². The largest absolute Gasteiger partial charge is 0.148 e. The van der Waals surface area contributed by atoms with E-state index in [1.54, 1.807) is 5.57 Å². The van der Waals surface area contributed by atoms with Crippen molar-refractivity contribution in [2.75, 3.05) is 0 Å². The van der Waals surface area contributed by atoms with Crippen molar-refractivity contribution in [1.29, 1.82) is 0 Å². The third-order valence-corrected chi connectivity index (χ3v) is 6.09. The summed E-state index contributed by atoms with van der Waals surface area (Å²) in [6.07, 6.45) is 13.7. The van der Waals surface area contributed by atoms with Crippen molar-refractivity contribution in [2.45, 2.75) is 71.1 Å². The summed E-state index contributed by atoms with van der Waals surface area (Å²) in [6, 6.07) is 0. The molecule has 0 aromatic rings. The van der Waals surface area contributed by atoms with E-state index in [1.165, 1.54) is 79.4 Å². The van der Waals surface area contributed by atoms with Crippen LogP contribution in [-0.4, -0.2) is 10.2 Å². The van der Waals surface area contributed by atoms with Crippen molar-refractivity contribution in [3.63, 3.8) is 0 Å². The maximum Gasteiger partial charge on any atom is 0.0332 e. The van der Waals surface area contributed by atoms with Crippen molar-refractivity contribution in [3.05, 3.63) is 21.2 Å². The first-order valence-electron chi connectivity index (χ1n) is 7.78. The Labute approximate surface area is 121 Å². The predicted molar refractivity (Wildman–Crippen MR) is 88.3 cm³/mol. The molecule has 1 atom stereocenters. The molecule has 0 spiro atoms. The topological polar surface area (TPSA) is 0 Å². The van der Waals surface area contributed by atoms with Gasteiger partial charge in [0, 0.05) is 10.2 Å². The lowest BCUT2D eigenvalue weighted by molar-refractivity contribution is 0.438. The Morgan fingerprint density at radius 2 is 1.83 bits per heavy atom. The molecule has 1 unspecified atom stereocenters. The summed E-state index contributed by atoms with van der Waals surface area (Å²) in [6.45, 7) is 2.31. The molecule has 0 N–H and O–H groups in total. The van der Waals surface area contributed by atoms with Gasteiger partial charge in [-0.05, 0) is 55.8 Å². The summed E-state index contributed by atoms with van der Waals surface area (Å²) < 4.78 is 0. The fourth-order valence-electron chi connectivity index (χ4n) is 2.70. The summed E-state index contributed by atoms with van der Waals surface area (Å²) in [5, 5.41) is 1.83. The molecule has 0 radical (unpaired) electrons. The first-order chi connectivity index (χ1) is 8.70. The van der Waals surface area contributed by atoms with Crippen LogP contribution in [0.1, 0.15) is 71.1 Å². The number of rotatable bonds is 8. The van der Waals surface area contributed by atoms with E-state index in [4.69, 9.17) is 12.6 Å². The summed E-state index contributed by atoms with van der Waals surface area (Å²) in [5.41, 5.74) is 3.45. The van der Waals surface area contributed by atoms with Gasteiger partial charge in [-0.25, -0.2) is 0 Å². The van der Waals surface area contributed by atoms with E-state index in [1.807, 2.05) is 10.8 Å². The molecule has 2 aliphatic rings. The standard InChI is InChI=1S/C16H28SSi/c1-2-3-4-12(11-15(17)13-6-7-13)5-10-16(18)14-8-9-14/h12,17H,2-11H2,1,18H3. The highest BCUT2D eigenvalue weighted by Crippen LogP contribution is 2.38. The zero-order valence-corrected chi connectivity index (χ0v) is 15.0. The van der Waals surface area contributed by atoms with Crippen LogP contribution in [0.3, 0.4) is 0 Å². The van der Waals surface area contributed by atoms with Crippen LogP contribution in [0.15, 0.2) is 21.2 Å². The molecule has 0 saturated heterocycles. The lowest BCUT2D eigenvalue weighted by Gasteiger charge is -2.17. The normalized spacial score (nSPS) is 19.0. The third-order valence-electron chi connectivity index (χ3n) is 4.39. The second-order valence-electron chi connectivity index (χ2n) is 6.19. The maximum atomic E-state index is 4.72. The monoisotopic (exact) mass is 280 g/mol. The summed E-state index contributed by atoms with van der Waals surface area (Å²) in [7, 11) is 1.30. The van der Waals surface area contributed by atoms with Crippen molar-refractivity contribution in [2.24, 2.45) is 5.92 Å². The number of hydrogen-bond acceptors (Lipinski definition) is 1. The molecular formula is C16H28SSi. The molecule has 2 fully saturated rings. The molecule has 0 bridgehead atoms. The van der Waals surface area contributed by atoms with Crippen LogP contribution < -0.4 is 0 Å². The molecule has 0 aromatic heterocycles. The quantitative estimate of drug-likeness (QED) is 0.496. The zero-order valence-electron chi connectivity index (χ0n) is 12.1. The minimum absolute atomic E-state index is 0.897. The van der Waals surface area contributed by atoms with Gasteiger partial charge in [-0.15, -0.1) is 12.6 Å². The first kappa shape index (κ1) is 14.5. The van der Waals surface area contributed by atoms with E-state index >= 15 is 0 Å². The molecule has 2 heteroatoms. The SMILES string of the molecule is CCCCC(CCC([SiH3])=C1CC1)CC(S)=C1CC1. The Bertz CT molecular complexity index is 342. The molecule has 0 aliphatic heterocycles. The van der Waals surface area contributed by atoms with Crippen molar-refractivity contribution in [3.8, 4) is 0 Å². The number of unbranched alkanes of at least 4 members (excludes halogenated alkanes) is 1. The van der Waals surface area contributed by atoms with Crippen molar-refractivity contribution in [1.82, 2.24) is 0 Å². The van der Waals surface area contributed by atoms with Gasteiger partial charge in [0.05, 0.1) is 0 Å². The minimum Gasteiger partial charge on any atom is -0.148 e. The van der Waals surface area contributed by atoms with Gasteiger partial charge < -0.3 is 0 Å². The van der Waals surface area contributed by atoms with Crippen LogP contribution in [0.25, 0.3) is 0 Å². The van der Waals surface area contributed by atoms with Gasteiger partial charge >= 0.3 is 0 Å². The molecule has 2 aliphatic carbocycles. The molecule has 102 valence electrons. The highest BCUT2D eigenvalue weighted by molar-refractivity contribution is 7.84. The fraction of sp³-hybridized carbons (Fsp3) is 0.750. The van der Waals surface area contributed by atoms with E-state index in [0.29, 0.717) is 0 Å². The Morgan fingerprint density at radius 1 is 1.17 bits per heavy atom. The second-order valence-corrected chi connectivity index (χ2v) is 7.93. The summed E-state index contributed by atoms with van der Waals surface area (Å²) >= 11 is 4.72. The average Bonchev–Trinajstić information content (AvgIpc) is 3.19. The van der Waals surface area contributed by atoms with Gasteiger partial charge in [0.1, 0.15) is 0 Å². The highest BCUT2D eigenvalue weighted by atomic mass is 32.1. The van der Waals surface area contributed by atoms with E-state index < -0.39 is 0 Å². The van der Waals surface area contributed by atoms with Crippen LogP contribution in [0.4, 0.5) is 0 Å². The molecule has 18 heavy (non-hydrogen) atoms. The first-order valence-corrected chi connectivity index (χ1v) is 9.22. The van der Waals surface area contributed by atoms with Gasteiger partial charge in [-0.2, -0.15) is 0 Å². The van der Waals surface area contributed by atoms with Crippen LogP contribution in [0, 0.1) is 5.92 Å². The average molecular weight is 281 g/mol. The van der Waals surface area contributed by atoms with E-state index in [0.717, 1.165) is 5.92 Å². The van der Waals surface area contributed by atoms with E-state index in [2.05, 4.69) is 6.92 Å². The zero-order chi connectivity index (χ0) is 13.0. The number of thiol groups is 1. The van der Waals surface area contributed by atoms with Gasteiger partial charge in [-0.1, -0.05) is 42.5 Å². The Kier molecular flexibility index (Phi) is 5.62. The molecule has 0 heterocycles. The molecule has 0 nitrogen and oxygen atoms in total. The van der Waals surface area contributed by atoms with Gasteiger partial charge in [0.25, 0.3) is 0 Å². The maximum absolute atomic E-state index is 4.72. The van der Waals surface area contributed by atoms with Gasteiger partial charge in [0.2, 0.25) is 0 Å². The van der Waals surface area contributed by atoms with Crippen molar-refractivity contribution < 1.29 is 0 Å². The molecular weight excluding hydrogens is 252 g/mol. The van der Waals surface area contributed by atoms with E-state index in [9.17, 15) is 0 Å². The van der Waals surface area contributed by atoms with Crippen LogP contribution >= 0.6 is 12.6 Å². The molecule has 2 saturated carbocycles. The minimum atomic E-state index is 0.897. The van der Waals surface area contributed by atoms with Crippen molar-refractivity contribution >= 4 is 22.9 Å². The van der Waals surface area contributed by atoms with Crippen LogP contribution in [0.5, 0.6) is 0 Å². The smallest absolute Gasteiger partial charge is 0.0332 e. The number of hydrogen-bond donors (Lipinski definition) is 1. The van der Waals surface area contributed by atoms with E-state index in [-0.39, 0.29) is 0 Å². The second kappa shape index (κ2) is 7.00.